The van der Waals surface area contributed by atoms with Crippen LogP contribution in [0.5, 0.6) is 0 Å². The second-order valence-electron chi connectivity index (χ2n) is 4.48. The summed E-state index contributed by atoms with van der Waals surface area (Å²) in [6, 6.07) is 0. The molecule has 0 atom stereocenters. The topological polar surface area (TPSA) is 21.6 Å². The first-order chi connectivity index (χ1) is 7.90. The van der Waals surface area contributed by atoms with Crippen LogP contribution in [0.15, 0.2) is 16.3 Å². The number of hydrogen-bond donors (Lipinski definition) is 0. The van der Waals surface area contributed by atoms with Gasteiger partial charge in [0.05, 0.1) is 6.61 Å². The van der Waals surface area contributed by atoms with Gasteiger partial charge >= 0.3 is 0 Å². The summed E-state index contributed by atoms with van der Waals surface area (Å²) in [4.78, 5) is 4.67. The molecule has 2 aliphatic rings. The number of nitrogens with zero attached hydrogens (tertiary/aromatic N) is 1. The van der Waals surface area contributed by atoms with Gasteiger partial charge in [-0.25, -0.2) is 4.99 Å². The summed E-state index contributed by atoms with van der Waals surface area (Å²) in [7, 11) is 0. The Morgan fingerprint density at radius 3 is 3.00 bits per heavy atom. The third-order valence-corrected chi connectivity index (χ3v) is 4.07. The maximum atomic E-state index is 5.69. The van der Waals surface area contributed by atoms with Gasteiger partial charge in [0.2, 0.25) is 0 Å². The molecule has 2 rings (SSSR count). The van der Waals surface area contributed by atoms with Crippen molar-refractivity contribution < 1.29 is 4.74 Å². The maximum Gasteiger partial charge on any atom is 0.250 e. The van der Waals surface area contributed by atoms with Crippen molar-refractivity contribution in [2.45, 2.75) is 51.9 Å². The number of rotatable bonds is 3. The van der Waals surface area contributed by atoms with Gasteiger partial charge in [-0.2, -0.15) is 0 Å². The maximum absolute atomic E-state index is 5.69. The first-order valence-corrected chi connectivity index (χ1v) is 7.44. The van der Waals surface area contributed by atoms with Crippen LogP contribution in [0.25, 0.3) is 0 Å². The average Bonchev–Trinajstić information content (AvgIpc) is 2.54. The van der Waals surface area contributed by atoms with Crippen LogP contribution in [0.2, 0.25) is 0 Å². The van der Waals surface area contributed by atoms with E-state index in [2.05, 4.69) is 11.9 Å². The van der Waals surface area contributed by atoms with E-state index in [1.165, 1.54) is 37.8 Å². The third-order valence-electron chi connectivity index (χ3n) is 3.12. The van der Waals surface area contributed by atoms with Gasteiger partial charge in [-0.3, -0.25) is 0 Å². The van der Waals surface area contributed by atoms with E-state index in [4.69, 9.17) is 4.74 Å². The van der Waals surface area contributed by atoms with E-state index in [-0.39, 0.29) is 0 Å². The monoisotopic (exact) mass is 239 g/mol. The zero-order valence-corrected chi connectivity index (χ0v) is 10.9. The molecule has 2 nitrogen and oxygen atoms in total. The third kappa shape index (κ3) is 3.27. The number of ether oxygens (including phenoxy) is 1. The van der Waals surface area contributed by atoms with Crippen LogP contribution in [0.3, 0.4) is 0 Å². The fourth-order valence-electron chi connectivity index (χ4n) is 2.09. The predicted octanol–water partition coefficient (Wildman–Crippen LogP) is 4.12. The zero-order chi connectivity index (χ0) is 11.2. The number of thioether (sulfide) groups is 1. The van der Waals surface area contributed by atoms with Crippen LogP contribution in [0.4, 0.5) is 0 Å². The first kappa shape index (κ1) is 12.0. The van der Waals surface area contributed by atoms with Gasteiger partial charge < -0.3 is 4.74 Å². The molecule has 0 saturated carbocycles. The average molecular weight is 239 g/mol. The van der Waals surface area contributed by atoms with Crippen LogP contribution in [-0.4, -0.2) is 17.6 Å². The van der Waals surface area contributed by atoms with Gasteiger partial charge in [-0.05, 0) is 37.7 Å². The number of aliphatic imine (C=N–C) groups is 1. The highest BCUT2D eigenvalue weighted by molar-refractivity contribution is 8.13. The molecule has 1 heterocycles. The second kappa shape index (κ2) is 6.33. The van der Waals surface area contributed by atoms with E-state index >= 15 is 0 Å². The number of allylic oxidation sites excluding steroid dienone is 1. The van der Waals surface area contributed by atoms with Gasteiger partial charge in [-0.1, -0.05) is 31.5 Å². The predicted molar refractivity (Wildman–Crippen MR) is 70.9 cm³/mol. The Morgan fingerprint density at radius 1 is 1.25 bits per heavy atom. The van der Waals surface area contributed by atoms with Crippen LogP contribution in [-0.2, 0) is 4.74 Å². The molecule has 0 N–H and O–H groups in total. The Kier molecular flexibility index (Phi) is 4.76. The fourth-order valence-corrected chi connectivity index (χ4v) is 3.04. The lowest BCUT2D eigenvalue weighted by Gasteiger charge is -2.17. The molecule has 0 spiro atoms. The molecule has 0 amide bonds. The molecule has 0 bridgehead atoms. The molecule has 0 radical (unpaired) electrons. The minimum Gasteiger partial charge on any atom is -0.473 e. The molecule has 0 unspecified atom stereocenters. The van der Waals surface area contributed by atoms with Crippen LogP contribution in [0, 0.1) is 0 Å². The Balaban J connectivity index is 1.93. The molecular formula is C13H21NOS. The Morgan fingerprint density at radius 2 is 2.12 bits per heavy atom. The quantitative estimate of drug-likeness (QED) is 0.691. The zero-order valence-electron chi connectivity index (χ0n) is 10.1. The first-order valence-electron chi connectivity index (χ1n) is 6.45. The van der Waals surface area contributed by atoms with Crippen LogP contribution >= 0.6 is 11.8 Å². The van der Waals surface area contributed by atoms with Crippen molar-refractivity contribution in [2.24, 2.45) is 4.99 Å². The molecule has 0 fully saturated rings. The van der Waals surface area contributed by atoms with E-state index in [0.717, 1.165) is 30.4 Å². The normalized spacial score (nSPS) is 21.2. The molecular weight excluding hydrogens is 218 g/mol. The fraction of sp³-hybridized carbons (Fsp3) is 0.769. The summed E-state index contributed by atoms with van der Waals surface area (Å²) in [6.07, 6.45) is 8.75. The molecule has 90 valence electrons. The van der Waals surface area contributed by atoms with Crippen molar-refractivity contribution in [3.05, 3.63) is 11.3 Å². The standard InChI is InChI=1S/C13H21NOS/c1-2-3-9-15-13-14-12-8-6-4-5-7-11(12)10-16-13/h2-10H2,1H3. The van der Waals surface area contributed by atoms with Crippen molar-refractivity contribution >= 4 is 17.0 Å². The summed E-state index contributed by atoms with van der Waals surface area (Å²) in [5, 5.41) is 0.911. The summed E-state index contributed by atoms with van der Waals surface area (Å²) in [5.74, 6) is 1.11. The van der Waals surface area contributed by atoms with E-state index in [9.17, 15) is 0 Å². The van der Waals surface area contributed by atoms with Gasteiger partial charge in [0, 0.05) is 11.4 Å². The van der Waals surface area contributed by atoms with Gasteiger partial charge in [0.25, 0.3) is 5.23 Å². The molecule has 0 saturated heterocycles. The van der Waals surface area contributed by atoms with E-state index < -0.39 is 0 Å². The number of hydrogen-bond acceptors (Lipinski definition) is 3. The molecule has 1 aliphatic heterocycles. The van der Waals surface area contributed by atoms with Crippen molar-refractivity contribution in [1.29, 1.82) is 0 Å². The van der Waals surface area contributed by atoms with Gasteiger partial charge in [-0.15, -0.1) is 0 Å². The molecule has 16 heavy (non-hydrogen) atoms. The van der Waals surface area contributed by atoms with Crippen LogP contribution < -0.4 is 0 Å². The lowest BCUT2D eigenvalue weighted by atomic mass is 10.1. The lowest BCUT2D eigenvalue weighted by Crippen LogP contribution is -2.09. The van der Waals surface area contributed by atoms with Crippen molar-refractivity contribution in [2.75, 3.05) is 12.4 Å². The minimum absolute atomic E-state index is 0.824. The molecule has 0 aromatic rings. The molecule has 0 aromatic carbocycles. The van der Waals surface area contributed by atoms with E-state index in [1.807, 2.05) is 0 Å². The second-order valence-corrected chi connectivity index (χ2v) is 5.41. The SMILES string of the molecule is CCCCOC1=NC2=C(CCCCC2)CS1. The molecule has 1 aliphatic carbocycles. The van der Waals surface area contributed by atoms with Crippen molar-refractivity contribution in [1.82, 2.24) is 0 Å². The Bertz CT molecular complexity index is 296. The molecule has 0 aromatic heterocycles. The highest BCUT2D eigenvalue weighted by atomic mass is 32.2. The van der Waals surface area contributed by atoms with E-state index in [1.54, 1.807) is 17.3 Å². The highest BCUT2D eigenvalue weighted by Crippen LogP contribution is 2.32. The summed E-state index contributed by atoms with van der Waals surface area (Å²) < 4.78 is 5.69. The Hall–Kier alpha value is -0.440. The minimum atomic E-state index is 0.824. The van der Waals surface area contributed by atoms with Crippen molar-refractivity contribution in [3.8, 4) is 0 Å². The summed E-state index contributed by atoms with van der Waals surface area (Å²) in [6.45, 7) is 3.01. The van der Waals surface area contributed by atoms with Gasteiger partial charge in [0.15, 0.2) is 0 Å². The molecule has 3 heteroatoms. The largest absolute Gasteiger partial charge is 0.473 e. The smallest absolute Gasteiger partial charge is 0.250 e. The van der Waals surface area contributed by atoms with Crippen LogP contribution in [0.1, 0.15) is 51.9 Å². The lowest BCUT2D eigenvalue weighted by molar-refractivity contribution is 0.305. The van der Waals surface area contributed by atoms with Crippen molar-refractivity contribution in [3.63, 3.8) is 0 Å². The highest BCUT2D eigenvalue weighted by Gasteiger charge is 2.18. The summed E-state index contributed by atoms with van der Waals surface area (Å²) in [5.41, 5.74) is 2.91. The number of unbranched alkanes of at least 4 members (excludes halogenated alkanes) is 1. The Labute approximate surface area is 103 Å². The van der Waals surface area contributed by atoms with E-state index in [0.29, 0.717) is 0 Å². The van der Waals surface area contributed by atoms with Gasteiger partial charge in [0.1, 0.15) is 0 Å². The summed E-state index contributed by atoms with van der Waals surface area (Å²) >= 11 is 1.78.